The maximum Gasteiger partial charge on any atom is 0.336 e. The Hall–Kier alpha value is -3.94. The summed E-state index contributed by atoms with van der Waals surface area (Å²) in [6.45, 7) is 4.13. The molecule has 3 rings (SSSR count). The molecule has 0 unspecified atom stereocenters. The first kappa shape index (κ1) is 24.7. The zero-order valence-electron chi connectivity index (χ0n) is 19.7. The lowest BCUT2D eigenvalue weighted by Crippen LogP contribution is -2.29. The van der Waals surface area contributed by atoms with Gasteiger partial charge >= 0.3 is 11.9 Å². The predicted octanol–water partition coefficient (Wildman–Crippen LogP) is 3.90. The third-order valence-corrected chi connectivity index (χ3v) is 5.27. The number of phenolic OH excluding ortho intramolecular Hbond substituents is 1. The third kappa shape index (κ3) is 5.51. The van der Waals surface area contributed by atoms with E-state index in [9.17, 15) is 14.7 Å². The monoisotopic (exact) mass is 467 g/mol. The Labute approximate surface area is 199 Å². The topological polar surface area (TPSA) is 94.5 Å². The first-order chi connectivity index (χ1) is 16.4. The molecule has 1 N–H and O–H groups in total. The number of carbonyl (C=O) groups is 2. The molecule has 0 saturated heterocycles. The molecule has 8 nitrogen and oxygen atoms in total. The van der Waals surface area contributed by atoms with Crippen molar-refractivity contribution in [1.29, 1.82) is 0 Å². The van der Waals surface area contributed by atoms with E-state index < -0.39 is 17.9 Å². The Morgan fingerprint density at radius 1 is 0.882 bits per heavy atom. The highest BCUT2D eigenvalue weighted by atomic mass is 16.5. The molecule has 34 heavy (non-hydrogen) atoms. The number of methoxy groups -OCH3 is 2. The molecule has 0 radical (unpaired) electrons. The van der Waals surface area contributed by atoms with Crippen molar-refractivity contribution in [2.75, 3.05) is 27.4 Å². The maximum absolute atomic E-state index is 13.0. The summed E-state index contributed by atoms with van der Waals surface area (Å²) in [5, 5.41) is 10.0. The highest BCUT2D eigenvalue weighted by Gasteiger charge is 2.35. The van der Waals surface area contributed by atoms with E-state index in [-0.39, 0.29) is 30.1 Å². The van der Waals surface area contributed by atoms with Crippen molar-refractivity contribution in [2.24, 2.45) is 0 Å². The number of hydrogen-bond donors (Lipinski definition) is 1. The van der Waals surface area contributed by atoms with Gasteiger partial charge in [0, 0.05) is 18.9 Å². The minimum Gasteiger partial charge on any atom is -0.508 e. The molecular formula is C26H29NO7. The van der Waals surface area contributed by atoms with Crippen molar-refractivity contribution in [3.05, 3.63) is 77.1 Å². The molecule has 180 valence electrons. The van der Waals surface area contributed by atoms with Crippen molar-refractivity contribution in [2.45, 2.75) is 26.3 Å². The summed E-state index contributed by atoms with van der Waals surface area (Å²) >= 11 is 0. The van der Waals surface area contributed by atoms with Gasteiger partial charge in [0.05, 0.1) is 44.5 Å². The van der Waals surface area contributed by atoms with Gasteiger partial charge in [0.15, 0.2) is 11.5 Å². The van der Waals surface area contributed by atoms with E-state index in [0.29, 0.717) is 23.6 Å². The van der Waals surface area contributed by atoms with Crippen LogP contribution in [0.3, 0.4) is 0 Å². The number of carbonyl (C=O) groups excluding carboxylic acids is 2. The number of hydrogen-bond acceptors (Lipinski definition) is 8. The van der Waals surface area contributed by atoms with E-state index in [2.05, 4.69) is 0 Å². The van der Waals surface area contributed by atoms with E-state index >= 15 is 0 Å². The van der Waals surface area contributed by atoms with Crippen LogP contribution in [0.2, 0.25) is 0 Å². The summed E-state index contributed by atoms with van der Waals surface area (Å²) < 4.78 is 21.3. The van der Waals surface area contributed by atoms with Gasteiger partial charge in [-0.05, 0) is 49.2 Å². The summed E-state index contributed by atoms with van der Waals surface area (Å²) in [4.78, 5) is 27.7. The molecule has 0 aromatic heterocycles. The van der Waals surface area contributed by atoms with E-state index in [0.717, 1.165) is 5.56 Å². The Morgan fingerprint density at radius 3 is 2.03 bits per heavy atom. The normalized spacial score (nSPS) is 13.6. The fourth-order valence-electron chi connectivity index (χ4n) is 3.83. The average Bonchev–Trinajstić information content (AvgIpc) is 2.83. The van der Waals surface area contributed by atoms with E-state index in [1.165, 1.54) is 12.1 Å². The number of rotatable bonds is 9. The largest absolute Gasteiger partial charge is 0.508 e. The van der Waals surface area contributed by atoms with E-state index in [1.807, 2.05) is 12.1 Å². The van der Waals surface area contributed by atoms with Crippen LogP contribution in [0.4, 0.5) is 0 Å². The number of ether oxygens (including phenoxy) is 4. The molecule has 2 aromatic carbocycles. The van der Waals surface area contributed by atoms with Gasteiger partial charge in [-0.1, -0.05) is 18.2 Å². The second-order valence-electron chi connectivity index (χ2n) is 7.50. The smallest absolute Gasteiger partial charge is 0.336 e. The van der Waals surface area contributed by atoms with Gasteiger partial charge in [-0.25, -0.2) is 9.59 Å². The van der Waals surface area contributed by atoms with Gasteiger partial charge in [-0.2, -0.15) is 0 Å². The minimum absolute atomic E-state index is 0.0247. The van der Waals surface area contributed by atoms with E-state index in [4.69, 9.17) is 18.9 Å². The number of aromatic hydroxyl groups is 1. The van der Waals surface area contributed by atoms with Crippen LogP contribution < -0.4 is 9.47 Å². The standard InChI is InChI=1S/C26H29NO7/c1-5-33-25(29)20-15-27(14-17-10-11-22(31-3)23(12-17)32-4)16-21(26(30)34-6-2)24(20)18-8-7-9-19(28)13-18/h7-13,15-16,24,28H,5-6,14H2,1-4H3. The average molecular weight is 468 g/mol. The van der Waals surface area contributed by atoms with Gasteiger partial charge in [0.25, 0.3) is 0 Å². The lowest BCUT2D eigenvalue weighted by molar-refractivity contribution is -0.139. The van der Waals surface area contributed by atoms with Crippen molar-refractivity contribution in [3.8, 4) is 17.2 Å². The van der Waals surface area contributed by atoms with Gasteiger partial charge in [-0.3, -0.25) is 0 Å². The van der Waals surface area contributed by atoms with Crippen LogP contribution in [-0.2, 0) is 25.6 Å². The zero-order valence-corrected chi connectivity index (χ0v) is 19.7. The zero-order chi connectivity index (χ0) is 24.7. The molecule has 8 heteroatoms. The van der Waals surface area contributed by atoms with Gasteiger partial charge in [-0.15, -0.1) is 0 Å². The van der Waals surface area contributed by atoms with Crippen molar-refractivity contribution in [3.63, 3.8) is 0 Å². The fraction of sp³-hybridized carbons (Fsp3) is 0.308. The molecule has 0 saturated carbocycles. The number of phenols is 1. The molecule has 1 aliphatic heterocycles. The Balaban J connectivity index is 2.08. The summed E-state index contributed by atoms with van der Waals surface area (Å²) in [6.07, 6.45) is 3.32. The molecule has 1 aliphatic rings. The predicted molar refractivity (Wildman–Crippen MR) is 125 cm³/mol. The quantitative estimate of drug-likeness (QED) is 0.555. The number of nitrogens with zero attached hydrogens (tertiary/aromatic N) is 1. The molecule has 0 atom stereocenters. The summed E-state index contributed by atoms with van der Waals surface area (Å²) in [7, 11) is 3.12. The van der Waals surface area contributed by atoms with Crippen LogP contribution >= 0.6 is 0 Å². The Bertz CT molecular complexity index is 1070. The molecule has 2 aromatic rings. The molecular weight excluding hydrogens is 438 g/mol. The van der Waals surface area contributed by atoms with Crippen molar-refractivity contribution >= 4 is 11.9 Å². The van der Waals surface area contributed by atoms with Crippen LogP contribution in [0.15, 0.2) is 66.0 Å². The first-order valence-electron chi connectivity index (χ1n) is 10.9. The van der Waals surface area contributed by atoms with Gasteiger partial charge in [0.2, 0.25) is 0 Å². The second-order valence-corrected chi connectivity index (χ2v) is 7.50. The minimum atomic E-state index is -0.758. The van der Waals surface area contributed by atoms with Crippen LogP contribution in [0.25, 0.3) is 0 Å². The Morgan fingerprint density at radius 2 is 1.50 bits per heavy atom. The Kier molecular flexibility index (Phi) is 8.19. The number of benzene rings is 2. The van der Waals surface area contributed by atoms with Crippen LogP contribution in [0.1, 0.15) is 30.9 Å². The van der Waals surface area contributed by atoms with Crippen LogP contribution in [0.5, 0.6) is 17.2 Å². The molecule has 0 aliphatic carbocycles. The highest BCUT2D eigenvalue weighted by Crippen LogP contribution is 2.39. The molecule has 0 fully saturated rings. The second kappa shape index (κ2) is 11.3. The lowest BCUT2D eigenvalue weighted by Gasteiger charge is -2.30. The number of esters is 2. The first-order valence-corrected chi connectivity index (χ1v) is 10.9. The van der Waals surface area contributed by atoms with Gasteiger partial charge in [0.1, 0.15) is 5.75 Å². The highest BCUT2D eigenvalue weighted by molar-refractivity contribution is 5.98. The van der Waals surface area contributed by atoms with E-state index in [1.54, 1.807) is 63.6 Å². The van der Waals surface area contributed by atoms with Crippen LogP contribution in [-0.4, -0.2) is 49.4 Å². The third-order valence-electron chi connectivity index (χ3n) is 5.27. The fourth-order valence-corrected chi connectivity index (χ4v) is 3.83. The van der Waals surface area contributed by atoms with Crippen molar-refractivity contribution in [1.82, 2.24) is 4.90 Å². The SMILES string of the molecule is CCOC(=O)C1=CN(Cc2ccc(OC)c(OC)c2)C=C(C(=O)OCC)C1c1cccc(O)c1. The lowest BCUT2D eigenvalue weighted by atomic mass is 9.83. The van der Waals surface area contributed by atoms with Crippen molar-refractivity contribution < 1.29 is 33.6 Å². The van der Waals surface area contributed by atoms with Gasteiger partial charge < -0.3 is 29.0 Å². The summed E-state index contributed by atoms with van der Waals surface area (Å²) in [6, 6.07) is 11.9. The molecule has 0 spiro atoms. The molecule has 0 amide bonds. The summed E-state index contributed by atoms with van der Waals surface area (Å²) in [5.74, 6) is -0.673. The molecule has 0 bridgehead atoms. The molecule has 1 heterocycles. The summed E-state index contributed by atoms with van der Waals surface area (Å²) in [5.41, 5.74) is 1.97. The van der Waals surface area contributed by atoms with Crippen LogP contribution in [0, 0.1) is 0 Å². The maximum atomic E-state index is 13.0.